The summed E-state index contributed by atoms with van der Waals surface area (Å²) in [7, 11) is 0. The molecular weight excluding hydrogens is 218 g/mol. The average Bonchev–Trinajstić information content (AvgIpc) is 2.38. The molecule has 0 spiro atoms. The summed E-state index contributed by atoms with van der Waals surface area (Å²) in [4.78, 5) is 6.46. The number of anilines is 1. The maximum absolute atomic E-state index is 9.17. The van der Waals surface area contributed by atoms with Crippen LogP contribution in [0.3, 0.4) is 0 Å². The largest absolute Gasteiger partial charge is 0.394 e. The number of hydrogen-bond acceptors (Lipinski definition) is 5. The van der Waals surface area contributed by atoms with Crippen LogP contribution >= 0.6 is 0 Å². The van der Waals surface area contributed by atoms with Gasteiger partial charge < -0.3 is 20.5 Å². The van der Waals surface area contributed by atoms with E-state index < -0.39 is 0 Å². The summed E-state index contributed by atoms with van der Waals surface area (Å²) in [6.07, 6.45) is 1.83. The lowest BCUT2D eigenvalue weighted by molar-refractivity contribution is -0.0421. The van der Waals surface area contributed by atoms with Crippen LogP contribution in [0.4, 0.5) is 5.69 Å². The van der Waals surface area contributed by atoms with Crippen molar-refractivity contribution in [2.75, 3.05) is 24.6 Å². The SMILES string of the molecule is CC1CN(c2ccc(CN)nc2)CC(CO)O1. The fraction of sp³-hybridized carbons (Fsp3) is 0.583. The van der Waals surface area contributed by atoms with Crippen molar-refractivity contribution in [2.24, 2.45) is 5.73 Å². The molecule has 1 aromatic heterocycles. The lowest BCUT2D eigenvalue weighted by Crippen LogP contribution is -2.48. The summed E-state index contributed by atoms with van der Waals surface area (Å²) in [5.74, 6) is 0. The minimum atomic E-state index is -0.118. The van der Waals surface area contributed by atoms with E-state index in [0.717, 1.165) is 17.9 Å². The molecule has 0 radical (unpaired) electrons. The minimum Gasteiger partial charge on any atom is -0.394 e. The van der Waals surface area contributed by atoms with E-state index in [9.17, 15) is 5.11 Å². The van der Waals surface area contributed by atoms with Crippen molar-refractivity contribution in [2.45, 2.75) is 25.7 Å². The second-order valence-corrected chi connectivity index (χ2v) is 4.37. The molecule has 0 aromatic carbocycles. The Balaban J connectivity index is 2.09. The van der Waals surface area contributed by atoms with E-state index in [1.165, 1.54) is 0 Å². The van der Waals surface area contributed by atoms with Gasteiger partial charge in [0.15, 0.2) is 0 Å². The number of nitrogens with zero attached hydrogens (tertiary/aromatic N) is 2. The zero-order valence-electron chi connectivity index (χ0n) is 10.0. The fourth-order valence-corrected chi connectivity index (χ4v) is 2.08. The summed E-state index contributed by atoms with van der Waals surface area (Å²) in [5.41, 5.74) is 7.45. The maximum Gasteiger partial charge on any atom is 0.0984 e. The van der Waals surface area contributed by atoms with Crippen LogP contribution in [0.2, 0.25) is 0 Å². The van der Waals surface area contributed by atoms with Crippen molar-refractivity contribution in [3.8, 4) is 0 Å². The van der Waals surface area contributed by atoms with Crippen molar-refractivity contribution < 1.29 is 9.84 Å². The molecular formula is C12H19N3O2. The number of rotatable bonds is 3. The van der Waals surface area contributed by atoms with Crippen molar-refractivity contribution in [1.82, 2.24) is 4.98 Å². The Hall–Kier alpha value is -1.17. The number of pyridine rings is 1. The number of aliphatic hydroxyl groups is 1. The summed E-state index contributed by atoms with van der Waals surface area (Å²) in [5, 5.41) is 9.17. The molecule has 0 bridgehead atoms. The molecule has 5 nitrogen and oxygen atoms in total. The highest BCUT2D eigenvalue weighted by atomic mass is 16.5. The molecule has 2 rings (SSSR count). The average molecular weight is 237 g/mol. The first kappa shape index (κ1) is 12.3. The quantitative estimate of drug-likeness (QED) is 0.781. The highest BCUT2D eigenvalue weighted by Gasteiger charge is 2.24. The molecule has 3 N–H and O–H groups in total. The molecule has 1 aromatic rings. The zero-order chi connectivity index (χ0) is 12.3. The summed E-state index contributed by atoms with van der Waals surface area (Å²) >= 11 is 0. The smallest absolute Gasteiger partial charge is 0.0984 e. The van der Waals surface area contributed by atoms with Crippen molar-refractivity contribution in [1.29, 1.82) is 0 Å². The van der Waals surface area contributed by atoms with Crippen molar-refractivity contribution >= 4 is 5.69 Å². The van der Waals surface area contributed by atoms with Crippen LogP contribution in [0, 0.1) is 0 Å². The summed E-state index contributed by atoms with van der Waals surface area (Å²) in [6, 6.07) is 3.95. The van der Waals surface area contributed by atoms with Gasteiger partial charge in [0.25, 0.3) is 0 Å². The van der Waals surface area contributed by atoms with Gasteiger partial charge >= 0.3 is 0 Å². The number of nitrogens with two attached hydrogens (primary N) is 1. The third-order valence-electron chi connectivity index (χ3n) is 2.91. The third-order valence-corrected chi connectivity index (χ3v) is 2.91. The summed E-state index contributed by atoms with van der Waals surface area (Å²) < 4.78 is 5.60. The molecule has 2 heterocycles. The molecule has 0 aliphatic carbocycles. The monoisotopic (exact) mass is 237 g/mol. The molecule has 2 unspecified atom stereocenters. The summed E-state index contributed by atoms with van der Waals surface area (Å²) in [6.45, 7) is 4.04. The maximum atomic E-state index is 9.17. The van der Waals surface area contributed by atoms with E-state index in [4.69, 9.17) is 10.5 Å². The molecule has 17 heavy (non-hydrogen) atoms. The highest BCUT2D eigenvalue weighted by molar-refractivity contribution is 5.45. The second kappa shape index (κ2) is 5.44. The molecule has 0 amide bonds. The Labute approximate surface area is 101 Å². The molecule has 1 saturated heterocycles. The van der Waals surface area contributed by atoms with Crippen LogP contribution < -0.4 is 10.6 Å². The Kier molecular flexibility index (Phi) is 3.93. The number of aromatic nitrogens is 1. The number of morpholine rings is 1. The number of aliphatic hydroxyl groups excluding tert-OH is 1. The standard InChI is InChI=1S/C12H19N3O2/c1-9-6-15(7-12(8-16)17-9)11-3-2-10(4-13)14-5-11/h2-3,5,9,12,16H,4,6-8,13H2,1H3. The van der Waals surface area contributed by atoms with Gasteiger partial charge in [-0.3, -0.25) is 4.98 Å². The van der Waals surface area contributed by atoms with Gasteiger partial charge in [-0.25, -0.2) is 0 Å². The second-order valence-electron chi connectivity index (χ2n) is 4.37. The van der Waals surface area contributed by atoms with Crippen LogP contribution in [-0.2, 0) is 11.3 Å². The predicted molar refractivity (Wildman–Crippen MR) is 65.8 cm³/mol. The van der Waals surface area contributed by atoms with Crippen LogP contribution in [0.15, 0.2) is 18.3 Å². The van der Waals surface area contributed by atoms with Crippen LogP contribution in [0.1, 0.15) is 12.6 Å². The lowest BCUT2D eigenvalue weighted by Gasteiger charge is -2.37. The first-order valence-corrected chi connectivity index (χ1v) is 5.89. The van der Waals surface area contributed by atoms with Gasteiger partial charge in [0.05, 0.1) is 36.4 Å². The Morgan fingerprint density at radius 2 is 2.35 bits per heavy atom. The van der Waals surface area contributed by atoms with Gasteiger partial charge in [0, 0.05) is 19.6 Å². The van der Waals surface area contributed by atoms with E-state index in [1.807, 2.05) is 25.3 Å². The third kappa shape index (κ3) is 2.94. The van der Waals surface area contributed by atoms with E-state index >= 15 is 0 Å². The molecule has 1 aliphatic rings. The van der Waals surface area contributed by atoms with E-state index in [2.05, 4.69) is 9.88 Å². The Morgan fingerprint density at radius 1 is 1.53 bits per heavy atom. The Bertz CT molecular complexity index is 355. The van der Waals surface area contributed by atoms with Gasteiger partial charge in [-0.15, -0.1) is 0 Å². The fourth-order valence-electron chi connectivity index (χ4n) is 2.08. The normalized spacial score (nSPS) is 25.0. The number of hydrogen-bond donors (Lipinski definition) is 2. The van der Waals surface area contributed by atoms with E-state index in [-0.39, 0.29) is 18.8 Å². The Morgan fingerprint density at radius 3 is 2.94 bits per heavy atom. The molecule has 1 fully saturated rings. The van der Waals surface area contributed by atoms with E-state index in [1.54, 1.807) is 0 Å². The molecule has 5 heteroatoms. The van der Waals surface area contributed by atoms with Gasteiger partial charge in [-0.1, -0.05) is 0 Å². The molecule has 94 valence electrons. The van der Waals surface area contributed by atoms with Gasteiger partial charge in [0.1, 0.15) is 0 Å². The number of ether oxygens (including phenoxy) is 1. The van der Waals surface area contributed by atoms with Crippen LogP contribution in [-0.4, -0.2) is 42.0 Å². The lowest BCUT2D eigenvalue weighted by atomic mass is 10.2. The van der Waals surface area contributed by atoms with Crippen molar-refractivity contribution in [3.05, 3.63) is 24.0 Å². The van der Waals surface area contributed by atoms with Crippen LogP contribution in [0.5, 0.6) is 0 Å². The topological polar surface area (TPSA) is 71.6 Å². The van der Waals surface area contributed by atoms with Gasteiger partial charge in [-0.2, -0.15) is 0 Å². The van der Waals surface area contributed by atoms with Crippen molar-refractivity contribution in [3.63, 3.8) is 0 Å². The van der Waals surface area contributed by atoms with Gasteiger partial charge in [-0.05, 0) is 19.1 Å². The highest BCUT2D eigenvalue weighted by Crippen LogP contribution is 2.19. The van der Waals surface area contributed by atoms with E-state index in [0.29, 0.717) is 13.1 Å². The molecule has 1 aliphatic heterocycles. The first-order valence-electron chi connectivity index (χ1n) is 5.89. The van der Waals surface area contributed by atoms with Gasteiger partial charge in [0.2, 0.25) is 0 Å². The first-order chi connectivity index (χ1) is 8.22. The van der Waals surface area contributed by atoms with Crippen LogP contribution in [0.25, 0.3) is 0 Å². The molecule has 0 saturated carbocycles. The zero-order valence-corrected chi connectivity index (χ0v) is 10.0. The predicted octanol–water partition coefficient (Wildman–Crippen LogP) is 0.126. The minimum absolute atomic E-state index is 0.0507. The molecule has 2 atom stereocenters.